The van der Waals surface area contributed by atoms with E-state index in [1.165, 1.54) is 5.39 Å². The summed E-state index contributed by atoms with van der Waals surface area (Å²) in [6.45, 7) is 6.15. The molecule has 2 aliphatic rings. The summed E-state index contributed by atoms with van der Waals surface area (Å²) in [5.41, 5.74) is 4.21. The standard InChI is InChI=1S/C22H24N6O2/c1-2-15(16-4-5-23-18(16)3-1)19-14-17-20(24-19)25-22(28-8-12-30-13-9-28)26-21(17)27-6-10-29-11-7-27/h1-5,14,23H,6-13H2,(H,24,25,26). The Kier molecular flexibility index (Phi) is 4.32. The first-order valence-electron chi connectivity index (χ1n) is 10.5. The lowest BCUT2D eigenvalue weighted by Crippen LogP contribution is -2.39. The van der Waals surface area contributed by atoms with Crippen LogP contribution in [0.4, 0.5) is 11.8 Å². The number of morpholine rings is 2. The maximum atomic E-state index is 5.57. The fourth-order valence-corrected chi connectivity index (χ4v) is 4.37. The highest BCUT2D eigenvalue weighted by Crippen LogP contribution is 2.34. The predicted octanol–water partition coefficient (Wildman–Crippen LogP) is 2.78. The fourth-order valence-electron chi connectivity index (χ4n) is 4.37. The van der Waals surface area contributed by atoms with Crippen LogP contribution >= 0.6 is 0 Å². The number of fused-ring (bicyclic) bond motifs is 2. The number of benzene rings is 1. The summed E-state index contributed by atoms with van der Waals surface area (Å²) >= 11 is 0. The Bertz CT molecular complexity index is 1190. The minimum absolute atomic E-state index is 0.708. The minimum atomic E-state index is 0.708. The van der Waals surface area contributed by atoms with Crippen LogP contribution < -0.4 is 9.80 Å². The molecule has 0 aliphatic carbocycles. The summed E-state index contributed by atoms with van der Waals surface area (Å²) in [4.78, 5) is 21.3. The van der Waals surface area contributed by atoms with Crippen molar-refractivity contribution < 1.29 is 9.47 Å². The summed E-state index contributed by atoms with van der Waals surface area (Å²) in [7, 11) is 0. The molecule has 2 N–H and O–H groups in total. The van der Waals surface area contributed by atoms with Crippen molar-refractivity contribution in [2.45, 2.75) is 0 Å². The molecule has 154 valence electrons. The normalized spacial score (nSPS) is 17.9. The first kappa shape index (κ1) is 17.7. The smallest absolute Gasteiger partial charge is 0.229 e. The van der Waals surface area contributed by atoms with E-state index in [9.17, 15) is 0 Å². The van der Waals surface area contributed by atoms with Crippen molar-refractivity contribution in [2.75, 3.05) is 62.4 Å². The van der Waals surface area contributed by atoms with Gasteiger partial charge in [0.1, 0.15) is 11.5 Å². The Hall–Kier alpha value is -3.10. The number of rotatable bonds is 3. The molecule has 5 heterocycles. The van der Waals surface area contributed by atoms with E-state index in [-0.39, 0.29) is 0 Å². The van der Waals surface area contributed by atoms with E-state index in [4.69, 9.17) is 19.4 Å². The van der Waals surface area contributed by atoms with Gasteiger partial charge >= 0.3 is 0 Å². The fraction of sp³-hybridized carbons (Fsp3) is 0.364. The second-order valence-electron chi connectivity index (χ2n) is 7.74. The first-order chi connectivity index (χ1) is 14.9. The summed E-state index contributed by atoms with van der Waals surface area (Å²) in [6, 6.07) is 10.6. The molecule has 1 aromatic carbocycles. The quantitative estimate of drug-likeness (QED) is 0.546. The number of nitrogens with one attached hydrogen (secondary N) is 2. The van der Waals surface area contributed by atoms with Crippen LogP contribution in [0.3, 0.4) is 0 Å². The van der Waals surface area contributed by atoms with Crippen molar-refractivity contribution in [3.63, 3.8) is 0 Å². The zero-order chi connectivity index (χ0) is 19.9. The predicted molar refractivity (Wildman–Crippen MR) is 117 cm³/mol. The Morgan fingerprint density at radius 1 is 0.833 bits per heavy atom. The lowest BCUT2D eigenvalue weighted by Gasteiger charge is -2.31. The molecule has 0 unspecified atom stereocenters. The number of ether oxygens (including phenoxy) is 2. The summed E-state index contributed by atoms with van der Waals surface area (Å²) in [6.07, 6.45) is 1.98. The van der Waals surface area contributed by atoms with Crippen molar-refractivity contribution in [3.05, 3.63) is 36.5 Å². The van der Waals surface area contributed by atoms with Crippen molar-refractivity contribution in [3.8, 4) is 11.3 Å². The van der Waals surface area contributed by atoms with Crippen LogP contribution in [-0.2, 0) is 9.47 Å². The number of aromatic amines is 2. The molecule has 0 amide bonds. The van der Waals surface area contributed by atoms with Crippen LogP contribution in [0.2, 0.25) is 0 Å². The van der Waals surface area contributed by atoms with Crippen molar-refractivity contribution in [1.29, 1.82) is 0 Å². The largest absolute Gasteiger partial charge is 0.378 e. The van der Waals surface area contributed by atoms with Gasteiger partial charge in [0.25, 0.3) is 0 Å². The van der Waals surface area contributed by atoms with Crippen LogP contribution in [0.1, 0.15) is 0 Å². The maximum absolute atomic E-state index is 5.57. The highest BCUT2D eigenvalue weighted by Gasteiger charge is 2.22. The van der Waals surface area contributed by atoms with Gasteiger partial charge in [0, 0.05) is 54.5 Å². The van der Waals surface area contributed by atoms with E-state index in [1.807, 2.05) is 6.20 Å². The first-order valence-corrected chi connectivity index (χ1v) is 10.5. The van der Waals surface area contributed by atoms with E-state index < -0.39 is 0 Å². The van der Waals surface area contributed by atoms with Crippen molar-refractivity contribution >= 4 is 33.7 Å². The van der Waals surface area contributed by atoms with Gasteiger partial charge in [-0.1, -0.05) is 12.1 Å². The molecular weight excluding hydrogens is 380 g/mol. The molecule has 2 fully saturated rings. The number of H-pyrrole nitrogens is 2. The number of hydrogen-bond donors (Lipinski definition) is 2. The van der Waals surface area contributed by atoms with Crippen LogP contribution in [-0.4, -0.2) is 72.5 Å². The monoisotopic (exact) mass is 404 g/mol. The second kappa shape index (κ2) is 7.30. The molecule has 6 rings (SSSR count). The van der Waals surface area contributed by atoms with Crippen LogP contribution in [0.15, 0.2) is 36.5 Å². The second-order valence-corrected chi connectivity index (χ2v) is 7.74. The molecule has 2 aliphatic heterocycles. The Morgan fingerprint density at radius 2 is 1.60 bits per heavy atom. The highest BCUT2D eigenvalue weighted by atomic mass is 16.5. The van der Waals surface area contributed by atoms with E-state index in [0.29, 0.717) is 13.2 Å². The Labute approximate surface area is 173 Å². The number of anilines is 2. The molecular formula is C22H24N6O2. The lowest BCUT2D eigenvalue weighted by atomic mass is 10.1. The van der Waals surface area contributed by atoms with Gasteiger partial charge in [-0.3, -0.25) is 0 Å². The van der Waals surface area contributed by atoms with Gasteiger partial charge in [-0.15, -0.1) is 0 Å². The van der Waals surface area contributed by atoms with E-state index >= 15 is 0 Å². The Balaban J connectivity index is 1.51. The number of nitrogens with zero attached hydrogens (tertiary/aromatic N) is 4. The van der Waals surface area contributed by atoms with Crippen LogP contribution in [0.25, 0.3) is 33.2 Å². The number of hydrogen-bond acceptors (Lipinski definition) is 6. The molecule has 2 saturated heterocycles. The summed E-state index contributed by atoms with van der Waals surface area (Å²) in [5.74, 6) is 1.74. The Morgan fingerprint density at radius 3 is 2.40 bits per heavy atom. The average molecular weight is 404 g/mol. The minimum Gasteiger partial charge on any atom is -0.378 e. The lowest BCUT2D eigenvalue weighted by molar-refractivity contribution is 0.121. The van der Waals surface area contributed by atoms with E-state index in [2.05, 4.69) is 50.1 Å². The third-order valence-electron chi connectivity index (χ3n) is 5.95. The van der Waals surface area contributed by atoms with Gasteiger partial charge in [0.2, 0.25) is 5.95 Å². The van der Waals surface area contributed by atoms with Crippen LogP contribution in [0, 0.1) is 0 Å². The molecule has 0 saturated carbocycles. The SMILES string of the molecule is c1cc(-c2cc3c(N4CCOCC4)nc(N4CCOCC4)nc3[nH]2)c2cc[nH]c2c1. The zero-order valence-corrected chi connectivity index (χ0v) is 16.7. The van der Waals surface area contributed by atoms with Gasteiger partial charge in [-0.2, -0.15) is 9.97 Å². The molecule has 0 bridgehead atoms. The third kappa shape index (κ3) is 3.00. The van der Waals surface area contributed by atoms with Gasteiger partial charge < -0.3 is 29.2 Å². The van der Waals surface area contributed by atoms with Gasteiger partial charge in [0.15, 0.2) is 0 Å². The molecule has 0 radical (unpaired) electrons. The topological polar surface area (TPSA) is 82.3 Å². The van der Waals surface area contributed by atoms with Crippen molar-refractivity contribution in [2.24, 2.45) is 0 Å². The van der Waals surface area contributed by atoms with Crippen LogP contribution in [0.5, 0.6) is 0 Å². The zero-order valence-electron chi connectivity index (χ0n) is 16.7. The van der Waals surface area contributed by atoms with Gasteiger partial charge in [-0.05, 0) is 18.2 Å². The molecule has 3 aromatic heterocycles. The van der Waals surface area contributed by atoms with E-state index in [0.717, 1.165) is 79.0 Å². The molecule has 8 heteroatoms. The highest BCUT2D eigenvalue weighted by molar-refractivity contribution is 5.99. The third-order valence-corrected chi connectivity index (χ3v) is 5.95. The van der Waals surface area contributed by atoms with Gasteiger partial charge in [0.05, 0.1) is 31.8 Å². The molecule has 8 nitrogen and oxygen atoms in total. The summed E-state index contributed by atoms with van der Waals surface area (Å²) in [5, 5.41) is 2.25. The number of aromatic nitrogens is 4. The molecule has 0 spiro atoms. The molecule has 30 heavy (non-hydrogen) atoms. The van der Waals surface area contributed by atoms with Crippen molar-refractivity contribution in [1.82, 2.24) is 19.9 Å². The molecule has 4 aromatic rings. The summed E-state index contributed by atoms with van der Waals surface area (Å²) < 4.78 is 11.1. The average Bonchev–Trinajstić information content (AvgIpc) is 3.46. The maximum Gasteiger partial charge on any atom is 0.229 e. The molecule has 0 atom stereocenters. The van der Waals surface area contributed by atoms with Gasteiger partial charge in [-0.25, -0.2) is 0 Å². The van der Waals surface area contributed by atoms with E-state index in [1.54, 1.807) is 0 Å².